The molecule has 0 unspecified atom stereocenters. The first-order valence-electron chi connectivity index (χ1n) is 11.1. The molecule has 0 spiro atoms. The Morgan fingerprint density at radius 3 is 2.47 bits per heavy atom. The number of anilines is 1. The maximum atomic E-state index is 13.4. The van der Waals surface area contributed by atoms with Gasteiger partial charge in [0, 0.05) is 12.2 Å². The molecule has 3 aromatic rings. The normalized spacial score (nSPS) is 16.1. The largest absolute Gasteiger partial charge is 0.468 e. The van der Waals surface area contributed by atoms with Crippen molar-refractivity contribution in [1.82, 2.24) is 9.21 Å². The van der Waals surface area contributed by atoms with Crippen molar-refractivity contribution in [1.29, 1.82) is 0 Å². The lowest BCUT2D eigenvalue weighted by atomic mass is 10.2. The summed E-state index contributed by atoms with van der Waals surface area (Å²) in [5.74, 6) is -0.285. The molecule has 2 aromatic carbocycles. The topological polar surface area (TPSA) is 99.9 Å². The van der Waals surface area contributed by atoms with Crippen molar-refractivity contribution in [3.05, 3.63) is 84.3 Å². The minimum atomic E-state index is -3.98. The summed E-state index contributed by atoms with van der Waals surface area (Å²) in [5.41, 5.74) is 1.57. The molecule has 4 rings (SSSR count). The summed E-state index contributed by atoms with van der Waals surface area (Å²) in [5, 5.41) is 2.84. The second-order valence-electron chi connectivity index (χ2n) is 8.27. The van der Waals surface area contributed by atoms with E-state index >= 15 is 0 Å². The highest BCUT2D eigenvalue weighted by molar-refractivity contribution is 7.89. The molecule has 0 saturated carbocycles. The summed E-state index contributed by atoms with van der Waals surface area (Å²) < 4.78 is 33.3. The summed E-state index contributed by atoms with van der Waals surface area (Å²) in [7, 11) is -3.98. The van der Waals surface area contributed by atoms with Gasteiger partial charge in [-0.05, 0) is 56.2 Å². The third kappa shape index (κ3) is 5.37. The number of hydrogen-bond donors (Lipinski definition) is 1. The number of aryl methyl sites for hydroxylation is 1. The van der Waals surface area contributed by atoms with Gasteiger partial charge in [0.05, 0.1) is 24.2 Å². The first kappa shape index (κ1) is 23.7. The Morgan fingerprint density at radius 2 is 1.79 bits per heavy atom. The highest BCUT2D eigenvalue weighted by Gasteiger charge is 2.37. The number of para-hydroxylation sites is 1. The third-order valence-corrected chi connectivity index (χ3v) is 7.61. The molecule has 1 aliphatic rings. The number of carbonyl (C=O) groups excluding carboxylic acids is 2. The predicted octanol–water partition coefficient (Wildman–Crippen LogP) is 3.41. The van der Waals surface area contributed by atoms with E-state index < -0.39 is 28.5 Å². The summed E-state index contributed by atoms with van der Waals surface area (Å²) in [6.07, 6.45) is 2.65. The van der Waals surface area contributed by atoms with E-state index in [1.165, 1.54) is 23.3 Å². The molecule has 0 bridgehead atoms. The molecule has 178 valence electrons. The number of amides is 2. The zero-order valence-electron chi connectivity index (χ0n) is 18.9. The zero-order chi connectivity index (χ0) is 24.1. The molecule has 1 aliphatic heterocycles. The van der Waals surface area contributed by atoms with Gasteiger partial charge < -0.3 is 14.6 Å². The van der Waals surface area contributed by atoms with Crippen LogP contribution in [0.2, 0.25) is 0 Å². The van der Waals surface area contributed by atoms with Crippen LogP contribution in [-0.4, -0.2) is 48.6 Å². The number of carbonyl (C=O) groups is 2. The van der Waals surface area contributed by atoms with E-state index in [1.807, 2.05) is 25.1 Å². The molecule has 8 nitrogen and oxygen atoms in total. The minimum Gasteiger partial charge on any atom is -0.468 e. The summed E-state index contributed by atoms with van der Waals surface area (Å²) in [6, 6.07) is 18.2. The maximum absolute atomic E-state index is 13.4. The smallest absolute Gasteiger partial charge is 0.247 e. The molecule has 0 radical (unpaired) electrons. The lowest BCUT2D eigenvalue weighted by molar-refractivity contribution is -0.136. The Kier molecular flexibility index (Phi) is 7.14. The van der Waals surface area contributed by atoms with Crippen LogP contribution in [0.1, 0.15) is 24.2 Å². The van der Waals surface area contributed by atoms with Crippen LogP contribution in [0.3, 0.4) is 0 Å². The maximum Gasteiger partial charge on any atom is 0.247 e. The van der Waals surface area contributed by atoms with Crippen molar-refractivity contribution in [2.45, 2.75) is 37.2 Å². The van der Waals surface area contributed by atoms with Gasteiger partial charge in [0.2, 0.25) is 21.8 Å². The Labute approximate surface area is 199 Å². The quantitative estimate of drug-likeness (QED) is 0.532. The number of rotatable bonds is 8. The molecular weight excluding hydrogens is 454 g/mol. The van der Waals surface area contributed by atoms with E-state index in [4.69, 9.17) is 4.42 Å². The van der Waals surface area contributed by atoms with Crippen molar-refractivity contribution in [3.63, 3.8) is 0 Å². The van der Waals surface area contributed by atoms with Gasteiger partial charge in [-0.25, -0.2) is 8.42 Å². The second kappa shape index (κ2) is 10.2. The van der Waals surface area contributed by atoms with Crippen molar-refractivity contribution in [2.75, 3.05) is 18.4 Å². The second-order valence-corrected chi connectivity index (χ2v) is 10.2. The average Bonchev–Trinajstić information content (AvgIpc) is 3.52. The van der Waals surface area contributed by atoms with E-state index in [1.54, 1.807) is 36.4 Å². The number of sulfonamides is 1. The first-order valence-corrected chi connectivity index (χ1v) is 12.5. The van der Waals surface area contributed by atoms with Gasteiger partial charge in [0.25, 0.3) is 0 Å². The highest BCUT2D eigenvalue weighted by atomic mass is 32.2. The van der Waals surface area contributed by atoms with Crippen molar-refractivity contribution in [2.24, 2.45) is 0 Å². The molecule has 1 saturated heterocycles. The lowest BCUT2D eigenvalue weighted by Gasteiger charge is -2.27. The van der Waals surface area contributed by atoms with Crippen LogP contribution in [0.25, 0.3) is 0 Å². The molecule has 0 aliphatic carbocycles. The summed E-state index contributed by atoms with van der Waals surface area (Å²) >= 11 is 0. The fourth-order valence-electron chi connectivity index (χ4n) is 3.99. The Hall–Kier alpha value is -3.43. The summed E-state index contributed by atoms with van der Waals surface area (Å²) in [4.78, 5) is 27.7. The van der Waals surface area contributed by atoms with Gasteiger partial charge >= 0.3 is 0 Å². The molecular formula is C25H27N3O5S. The molecule has 1 fully saturated rings. The fourth-order valence-corrected chi connectivity index (χ4v) is 5.34. The van der Waals surface area contributed by atoms with Crippen LogP contribution in [0.4, 0.5) is 5.69 Å². The van der Waals surface area contributed by atoms with Gasteiger partial charge in [0.1, 0.15) is 11.8 Å². The van der Waals surface area contributed by atoms with Crippen LogP contribution >= 0.6 is 0 Å². The number of nitrogens with one attached hydrogen (secondary N) is 1. The van der Waals surface area contributed by atoms with E-state index in [0.717, 1.165) is 9.87 Å². The Bertz CT molecular complexity index is 1230. The standard InChI is InChI=1S/C25H27N3O5S/c1-19-11-13-22(14-12-19)34(31,32)27(17-21-9-6-16-33-21)18-24(29)28-15-5-10-23(28)25(30)26-20-7-3-2-4-8-20/h2-4,6-9,11-14,16,23H,5,10,15,17-18H2,1H3,(H,26,30)/t23-/m1/s1. The first-order chi connectivity index (χ1) is 16.3. The number of likely N-dealkylation sites (tertiary alicyclic amines) is 1. The van der Waals surface area contributed by atoms with Crippen molar-refractivity contribution < 1.29 is 22.4 Å². The highest BCUT2D eigenvalue weighted by Crippen LogP contribution is 2.23. The number of benzene rings is 2. The van der Waals surface area contributed by atoms with Crippen LogP contribution < -0.4 is 5.32 Å². The Balaban J connectivity index is 1.53. The van der Waals surface area contributed by atoms with Gasteiger partial charge in [-0.15, -0.1) is 0 Å². The average molecular weight is 482 g/mol. The molecule has 2 heterocycles. The van der Waals surface area contributed by atoms with Gasteiger partial charge in [-0.2, -0.15) is 4.31 Å². The van der Waals surface area contributed by atoms with Gasteiger partial charge in [-0.3, -0.25) is 9.59 Å². The number of furan rings is 1. The van der Waals surface area contributed by atoms with E-state index in [0.29, 0.717) is 30.8 Å². The fraction of sp³-hybridized carbons (Fsp3) is 0.280. The summed E-state index contributed by atoms with van der Waals surface area (Å²) in [6.45, 7) is 1.77. The zero-order valence-corrected chi connectivity index (χ0v) is 19.7. The monoisotopic (exact) mass is 481 g/mol. The van der Waals surface area contributed by atoms with Crippen molar-refractivity contribution >= 4 is 27.5 Å². The molecule has 1 N–H and O–H groups in total. The third-order valence-electron chi connectivity index (χ3n) is 5.80. The molecule has 1 atom stereocenters. The van der Waals surface area contributed by atoms with E-state index in [2.05, 4.69) is 5.32 Å². The SMILES string of the molecule is Cc1ccc(S(=O)(=O)N(CC(=O)N2CCC[C@@H]2C(=O)Nc2ccccc2)Cc2ccco2)cc1. The van der Waals surface area contributed by atoms with Gasteiger partial charge in [-0.1, -0.05) is 35.9 Å². The number of hydrogen-bond acceptors (Lipinski definition) is 5. The van der Waals surface area contributed by atoms with Gasteiger partial charge in [0.15, 0.2) is 0 Å². The van der Waals surface area contributed by atoms with Crippen LogP contribution in [-0.2, 0) is 26.2 Å². The van der Waals surface area contributed by atoms with Crippen LogP contribution in [0.5, 0.6) is 0 Å². The minimum absolute atomic E-state index is 0.0936. The van der Waals surface area contributed by atoms with E-state index in [-0.39, 0.29) is 17.3 Å². The van der Waals surface area contributed by atoms with Crippen LogP contribution in [0.15, 0.2) is 82.3 Å². The van der Waals surface area contributed by atoms with Crippen LogP contribution in [0, 0.1) is 6.92 Å². The Morgan fingerprint density at radius 1 is 1.06 bits per heavy atom. The lowest BCUT2D eigenvalue weighted by Crippen LogP contribution is -2.48. The number of nitrogens with zero attached hydrogens (tertiary/aromatic N) is 2. The molecule has 34 heavy (non-hydrogen) atoms. The van der Waals surface area contributed by atoms with E-state index in [9.17, 15) is 18.0 Å². The molecule has 9 heteroatoms. The molecule has 1 aromatic heterocycles. The molecule has 2 amide bonds. The predicted molar refractivity (Wildman–Crippen MR) is 127 cm³/mol. The van der Waals surface area contributed by atoms with Crippen molar-refractivity contribution in [3.8, 4) is 0 Å².